The van der Waals surface area contributed by atoms with E-state index >= 15 is 0 Å². The Morgan fingerprint density at radius 1 is 1.24 bits per heavy atom. The Bertz CT molecular complexity index is 1270. The number of halogens is 4. The van der Waals surface area contributed by atoms with Gasteiger partial charge in [-0.05, 0) is 42.2 Å². The van der Waals surface area contributed by atoms with Gasteiger partial charge in [-0.2, -0.15) is 18.2 Å². The molecular weight excluding hydrogens is 533 g/mol. The minimum Gasteiger partial charge on any atom is -0.490 e. The van der Waals surface area contributed by atoms with Crippen molar-refractivity contribution in [1.82, 2.24) is 20.1 Å². The molecule has 14 heteroatoms. The predicted molar refractivity (Wildman–Crippen MR) is 136 cm³/mol. The lowest BCUT2D eigenvalue weighted by Crippen LogP contribution is -2.40. The molecule has 37 heavy (non-hydrogen) atoms. The van der Waals surface area contributed by atoms with Gasteiger partial charge < -0.3 is 20.7 Å². The summed E-state index contributed by atoms with van der Waals surface area (Å²) in [6.07, 6.45) is -0.869. The van der Waals surface area contributed by atoms with Gasteiger partial charge in [0.25, 0.3) is 0 Å². The minimum atomic E-state index is -4.63. The molecule has 2 aliphatic rings. The van der Waals surface area contributed by atoms with Gasteiger partial charge >= 0.3 is 6.18 Å². The third-order valence-electron chi connectivity index (χ3n) is 6.18. The predicted octanol–water partition coefficient (Wildman–Crippen LogP) is 3.60. The van der Waals surface area contributed by atoms with Crippen molar-refractivity contribution in [3.8, 4) is 5.75 Å². The molecule has 2 heterocycles. The van der Waals surface area contributed by atoms with Crippen LogP contribution in [0.4, 0.5) is 25.1 Å². The highest BCUT2D eigenvalue weighted by Crippen LogP contribution is 2.42. The second-order valence-electron chi connectivity index (χ2n) is 9.15. The SMILES string of the molecule is CS(=O)(=O)CCN1CCC(Oc2ccc(C3=C(C(F)(F)F)C=C(Nc4n[nH]c(N)n4)CC3Cl)cc2)CC1. The summed E-state index contributed by atoms with van der Waals surface area (Å²) in [6.45, 7) is 1.93. The van der Waals surface area contributed by atoms with E-state index in [0.29, 0.717) is 17.9 Å². The number of anilines is 2. The summed E-state index contributed by atoms with van der Waals surface area (Å²) in [7, 11) is -3.01. The van der Waals surface area contributed by atoms with Crippen LogP contribution in [-0.2, 0) is 9.84 Å². The number of aromatic amines is 1. The van der Waals surface area contributed by atoms with Gasteiger partial charge in [-0.3, -0.25) is 0 Å². The molecule has 202 valence electrons. The van der Waals surface area contributed by atoms with Gasteiger partial charge in [0, 0.05) is 38.0 Å². The molecular formula is C23H28ClF3N6O3S. The van der Waals surface area contributed by atoms with Gasteiger partial charge in [-0.1, -0.05) is 12.1 Å². The topological polar surface area (TPSA) is 126 Å². The molecule has 9 nitrogen and oxygen atoms in total. The molecule has 4 rings (SSSR count). The third kappa shape index (κ3) is 7.39. The summed E-state index contributed by atoms with van der Waals surface area (Å²) < 4.78 is 70.8. The van der Waals surface area contributed by atoms with E-state index in [1.165, 1.54) is 6.26 Å². The molecule has 0 radical (unpaired) electrons. The van der Waals surface area contributed by atoms with Crippen LogP contribution < -0.4 is 15.8 Å². The Labute approximate surface area is 217 Å². The van der Waals surface area contributed by atoms with Crippen LogP contribution in [-0.4, -0.2) is 77.8 Å². The summed E-state index contributed by atoms with van der Waals surface area (Å²) in [5.41, 5.74) is 5.19. The first kappa shape index (κ1) is 27.3. The van der Waals surface area contributed by atoms with Crippen LogP contribution in [0.25, 0.3) is 5.57 Å². The zero-order chi connectivity index (χ0) is 26.8. The number of likely N-dealkylation sites (tertiary alicyclic amines) is 1. The van der Waals surface area contributed by atoms with Crippen molar-refractivity contribution in [2.75, 3.05) is 42.7 Å². The van der Waals surface area contributed by atoms with E-state index in [2.05, 4.69) is 25.4 Å². The van der Waals surface area contributed by atoms with Crippen LogP contribution >= 0.6 is 11.6 Å². The number of hydrogen-bond acceptors (Lipinski definition) is 8. The number of ether oxygens (including phenoxy) is 1. The van der Waals surface area contributed by atoms with Crippen molar-refractivity contribution in [1.29, 1.82) is 0 Å². The zero-order valence-electron chi connectivity index (χ0n) is 20.1. The average Bonchev–Trinajstić information content (AvgIpc) is 3.22. The number of sulfone groups is 1. The molecule has 1 fully saturated rings. The van der Waals surface area contributed by atoms with Crippen molar-refractivity contribution in [2.24, 2.45) is 0 Å². The van der Waals surface area contributed by atoms with E-state index in [-0.39, 0.29) is 41.4 Å². The monoisotopic (exact) mass is 560 g/mol. The third-order valence-corrected chi connectivity index (χ3v) is 7.48. The fraction of sp³-hybridized carbons (Fsp3) is 0.478. The molecule has 1 aromatic carbocycles. The highest BCUT2D eigenvalue weighted by Gasteiger charge is 2.39. The standard InChI is InChI=1S/C23H28ClF3N6O3S/c1-37(34,35)11-10-33-8-6-17(7-9-33)36-16-4-2-14(3-5-16)20-18(23(25,26)27)12-15(13-19(20)24)29-22-30-21(28)31-32-22/h2-5,12,17,19H,6-11,13H2,1H3,(H4,28,29,30,31,32). The Hall–Kier alpha value is -2.77. The van der Waals surface area contributed by atoms with Crippen molar-refractivity contribution in [2.45, 2.75) is 36.9 Å². The highest BCUT2D eigenvalue weighted by atomic mass is 35.5. The maximum atomic E-state index is 14.0. The molecule has 1 atom stereocenters. The van der Waals surface area contributed by atoms with Gasteiger partial charge in [0.05, 0.1) is 16.7 Å². The first-order chi connectivity index (χ1) is 17.4. The Morgan fingerprint density at radius 3 is 2.49 bits per heavy atom. The summed E-state index contributed by atoms with van der Waals surface area (Å²) in [5, 5.41) is 8.00. The maximum absolute atomic E-state index is 14.0. The normalized spacial score (nSPS) is 20.1. The molecule has 1 aromatic heterocycles. The molecule has 0 saturated carbocycles. The number of hydrogen-bond donors (Lipinski definition) is 3. The van der Waals surface area contributed by atoms with E-state index in [9.17, 15) is 21.6 Å². The van der Waals surface area contributed by atoms with Gasteiger partial charge in [-0.15, -0.1) is 16.7 Å². The number of nitrogens with two attached hydrogens (primary N) is 1. The molecule has 1 unspecified atom stereocenters. The smallest absolute Gasteiger partial charge is 0.416 e. The molecule has 0 spiro atoms. The molecule has 4 N–H and O–H groups in total. The van der Waals surface area contributed by atoms with Crippen molar-refractivity contribution < 1.29 is 26.3 Å². The Morgan fingerprint density at radius 2 is 1.92 bits per heavy atom. The quantitative estimate of drug-likeness (QED) is 0.418. The summed E-state index contributed by atoms with van der Waals surface area (Å²) in [6, 6.07) is 6.44. The van der Waals surface area contributed by atoms with Gasteiger partial charge in [0.1, 0.15) is 21.7 Å². The lowest BCUT2D eigenvalue weighted by atomic mass is 9.89. The molecule has 1 aliphatic carbocycles. The lowest BCUT2D eigenvalue weighted by Gasteiger charge is -2.32. The fourth-order valence-corrected chi connectivity index (χ4v) is 5.36. The first-order valence-corrected chi connectivity index (χ1v) is 14.1. The van der Waals surface area contributed by atoms with E-state index in [1.54, 1.807) is 24.3 Å². The lowest BCUT2D eigenvalue weighted by molar-refractivity contribution is -0.0879. The number of alkyl halides is 4. The number of rotatable bonds is 8. The second kappa shape index (κ2) is 10.9. The van der Waals surface area contributed by atoms with E-state index in [0.717, 1.165) is 32.0 Å². The van der Waals surface area contributed by atoms with Gasteiger partial charge in [0.15, 0.2) is 0 Å². The van der Waals surface area contributed by atoms with Crippen LogP contribution in [0.1, 0.15) is 24.8 Å². The zero-order valence-corrected chi connectivity index (χ0v) is 21.6. The Kier molecular flexibility index (Phi) is 8.05. The molecule has 0 bridgehead atoms. The number of nitrogens with one attached hydrogen (secondary N) is 2. The molecule has 1 saturated heterocycles. The van der Waals surface area contributed by atoms with Crippen LogP contribution in [0.5, 0.6) is 5.75 Å². The van der Waals surface area contributed by atoms with Crippen LogP contribution in [0.3, 0.4) is 0 Å². The number of aromatic nitrogens is 3. The van der Waals surface area contributed by atoms with Gasteiger partial charge in [-0.25, -0.2) is 13.5 Å². The number of piperidine rings is 1. The number of H-pyrrole nitrogens is 1. The fourth-order valence-electron chi connectivity index (χ4n) is 4.36. The molecule has 0 amide bonds. The van der Waals surface area contributed by atoms with Gasteiger partial charge in [0.2, 0.25) is 11.9 Å². The van der Waals surface area contributed by atoms with Crippen molar-refractivity contribution in [3.63, 3.8) is 0 Å². The van der Waals surface area contributed by atoms with Crippen molar-refractivity contribution in [3.05, 3.63) is 47.2 Å². The maximum Gasteiger partial charge on any atom is 0.416 e. The van der Waals surface area contributed by atoms with E-state index < -0.39 is 27.0 Å². The number of allylic oxidation sites excluding steroid dienone is 4. The van der Waals surface area contributed by atoms with Crippen LogP contribution in [0, 0.1) is 0 Å². The highest BCUT2D eigenvalue weighted by molar-refractivity contribution is 7.90. The number of benzene rings is 1. The number of nitrogen functional groups attached to an aromatic ring is 1. The summed E-state index contributed by atoms with van der Waals surface area (Å²) in [5.74, 6) is 0.766. The average molecular weight is 561 g/mol. The van der Waals surface area contributed by atoms with Crippen LogP contribution in [0.2, 0.25) is 0 Å². The first-order valence-electron chi connectivity index (χ1n) is 11.7. The molecule has 1 aliphatic heterocycles. The van der Waals surface area contributed by atoms with E-state index in [1.807, 2.05) is 0 Å². The summed E-state index contributed by atoms with van der Waals surface area (Å²) >= 11 is 6.46. The largest absolute Gasteiger partial charge is 0.490 e. The number of nitrogens with zero attached hydrogens (tertiary/aromatic N) is 3. The second-order valence-corrected chi connectivity index (χ2v) is 11.9. The Balaban J connectivity index is 1.45. The van der Waals surface area contributed by atoms with Crippen molar-refractivity contribution >= 4 is 38.9 Å². The van der Waals surface area contributed by atoms with Crippen LogP contribution in [0.15, 0.2) is 41.6 Å². The summed E-state index contributed by atoms with van der Waals surface area (Å²) in [4.78, 5) is 5.94. The minimum absolute atomic E-state index is 0.0139. The molecule has 2 aromatic rings. The van der Waals surface area contributed by atoms with E-state index in [4.69, 9.17) is 22.1 Å².